The van der Waals surface area contributed by atoms with E-state index in [1.165, 1.54) is 0 Å². The molecule has 12 heteroatoms. The molecule has 0 unspecified atom stereocenters. The van der Waals surface area contributed by atoms with Crippen molar-refractivity contribution in [3.63, 3.8) is 0 Å². The van der Waals surface area contributed by atoms with Gasteiger partial charge >= 0.3 is 12.3 Å². The van der Waals surface area contributed by atoms with E-state index >= 15 is 0 Å². The van der Waals surface area contributed by atoms with Crippen LogP contribution in [0.2, 0.25) is 10.3 Å². The smallest absolute Gasteiger partial charge is 0.417 e. The first kappa shape index (κ1) is 25.1. The molecule has 0 saturated carbocycles. The van der Waals surface area contributed by atoms with E-state index in [4.69, 9.17) is 27.9 Å². The predicted molar refractivity (Wildman–Crippen MR) is 121 cm³/mol. The summed E-state index contributed by atoms with van der Waals surface area (Å²) in [5, 5.41) is -0.219. The molecule has 1 saturated heterocycles. The SMILES string of the molecule is C[C@@H]1CN(c2nc(Cl)nc3c(Cl)c(Br)c(C(F)(F)F)cc23)[C@@H](C)CN1C(=O)OC(C)(C)C. The molecule has 1 fully saturated rings. The standard InChI is InChI=1S/C20H22BrCl2F3N4O2/c1-9-8-30(18(31)32-19(3,4)5)10(2)7-29(9)16-11-6-12(20(24,25)26)13(21)14(22)15(11)27-17(23)28-16/h6,9-10H,7-8H2,1-5H3/t9-,10+/m0/s1. The van der Waals surface area contributed by atoms with E-state index in [1.54, 1.807) is 25.7 Å². The number of benzene rings is 1. The van der Waals surface area contributed by atoms with E-state index in [9.17, 15) is 18.0 Å². The highest BCUT2D eigenvalue weighted by atomic mass is 79.9. The molecule has 2 heterocycles. The molecule has 0 bridgehead atoms. The second-order valence-corrected chi connectivity index (χ2v) is 10.3. The Morgan fingerprint density at radius 3 is 2.34 bits per heavy atom. The molecule has 3 rings (SSSR count). The molecule has 0 aliphatic carbocycles. The van der Waals surface area contributed by atoms with E-state index in [0.717, 1.165) is 6.07 Å². The number of alkyl halides is 3. The van der Waals surface area contributed by atoms with E-state index in [1.807, 2.05) is 18.7 Å². The molecule has 1 amide bonds. The summed E-state index contributed by atoms with van der Waals surface area (Å²) in [6.07, 6.45) is -5.09. The van der Waals surface area contributed by atoms with E-state index in [0.29, 0.717) is 6.54 Å². The lowest BCUT2D eigenvalue weighted by molar-refractivity contribution is -0.138. The normalized spacial score (nSPS) is 20.1. The number of aromatic nitrogens is 2. The van der Waals surface area contributed by atoms with E-state index in [2.05, 4.69) is 25.9 Å². The Bertz CT molecular complexity index is 1060. The Hall–Kier alpha value is -1.52. The van der Waals surface area contributed by atoms with Crippen LogP contribution in [0.3, 0.4) is 0 Å². The summed E-state index contributed by atoms with van der Waals surface area (Å²) in [5.41, 5.74) is -1.47. The first-order valence-electron chi connectivity index (χ1n) is 9.79. The van der Waals surface area contributed by atoms with Crippen LogP contribution in [0.1, 0.15) is 40.2 Å². The van der Waals surface area contributed by atoms with E-state index in [-0.39, 0.29) is 50.1 Å². The number of carbonyl (C=O) groups excluding carboxylic acids is 1. The van der Waals surface area contributed by atoms with Crippen molar-refractivity contribution in [1.82, 2.24) is 14.9 Å². The maximum Gasteiger partial charge on any atom is 0.417 e. The van der Waals surface area contributed by atoms with Gasteiger partial charge in [-0.05, 0) is 68.2 Å². The van der Waals surface area contributed by atoms with Gasteiger partial charge in [-0.2, -0.15) is 18.2 Å². The molecule has 176 valence electrons. The van der Waals surface area contributed by atoms with Gasteiger partial charge in [-0.25, -0.2) is 9.78 Å². The number of hydrogen-bond acceptors (Lipinski definition) is 5. The zero-order chi connectivity index (χ0) is 24.2. The average Bonchev–Trinajstić information content (AvgIpc) is 2.63. The van der Waals surface area contributed by atoms with Crippen molar-refractivity contribution >= 4 is 61.9 Å². The maximum absolute atomic E-state index is 13.6. The fraction of sp³-hybridized carbons (Fsp3) is 0.550. The van der Waals surface area contributed by atoms with Crippen molar-refractivity contribution in [3.8, 4) is 0 Å². The zero-order valence-electron chi connectivity index (χ0n) is 18.0. The van der Waals surface area contributed by atoms with Crippen molar-refractivity contribution in [2.24, 2.45) is 0 Å². The van der Waals surface area contributed by atoms with Gasteiger partial charge in [0.2, 0.25) is 5.28 Å². The van der Waals surface area contributed by atoms with Crippen molar-refractivity contribution in [1.29, 1.82) is 0 Å². The molecule has 1 aromatic carbocycles. The van der Waals surface area contributed by atoms with Crippen LogP contribution in [0, 0.1) is 0 Å². The number of rotatable bonds is 1. The largest absolute Gasteiger partial charge is 0.444 e. The van der Waals surface area contributed by atoms with Crippen molar-refractivity contribution in [2.75, 3.05) is 18.0 Å². The van der Waals surface area contributed by atoms with Gasteiger partial charge < -0.3 is 14.5 Å². The summed E-state index contributed by atoms with van der Waals surface area (Å²) in [4.78, 5) is 24.3. The quantitative estimate of drug-likeness (QED) is 0.372. The van der Waals surface area contributed by atoms with Crippen LogP contribution in [0.15, 0.2) is 10.5 Å². The molecule has 0 N–H and O–H groups in total. The third kappa shape index (κ3) is 5.02. The molecule has 0 radical (unpaired) electrons. The molecule has 6 nitrogen and oxygen atoms in total. The molecule has 32 heavy (non-hydrogen) atoms. The Labute approximate surface area is 202 Å². The molecule has 2 aromatic rings. The molecular formula is C20H22BrCl2F3N4O2. The van der Waals surface area contributed by atoms with Crippen LogP contribution in [-0.2, 0) is 10.9 Å². The minimum atomic E-state index is -4.64. The number of nitrogens with zero attached hydrogens (tertiary/aromatic N) is 4. The lowest BCUT2D eigenvalue weighted by Crippen LogP contribution is -2.59. The van der Waals surface area contributed by atoms with Crippen LogP contribution < -0.4 is 4.90 Å². The highest BCUT2D eigenvalue weighted by Crippen LogP contribution is 2.44. The second kappa shape index (κ2) is 8.68. The summed E-state index contributed by atoms with van der Waals surface area (Å²) in [5.74, 6) is 0.225. The van der Waals surface area contributed by atoms with Gasteiger partial charge in [0.05, 0.1) is 20.6 Å². The van der Waals surface area contributed by atoms with Gasteiger partial charge in [-0.1, -0.05) is 11.6 Å². The monoisotopic (exact) mass is 556 g/mol. The lowest BCUT2D eigenvalue weighted by atomic mass is 10.1. The van der Waals surface area contributed by atoms with Gasteiger partial charge in [0, 0.05) is 30.6 Å². The molecule has 0 spiro atoms. The third-order valence-corrected chi connectivity index (χ3v) is 6.60. The van der Waals surface area contributed by atoms with Crippen LogP contribution in [0.5, 0.6) is 0 Å². The molecule has 1 aliphatic heterocycles. The number of piperazine rings is 1. The number of ether oxygens (including phenoxy) is 1. The highest BCUT2D eigenvalue weighted by molar-refractivity contribution is 9.10. The molecular weight excluding hydrogens is 536 g/mol. The van der Waals surface area contributed by atoms with E-state index < -0.39 is 23.4 Å². The fourth-order valence-corrected chi connectivity index (χ4v) is 4.52. The van der Waals surface area contributed by atoms with Crippen molar-refractivity contribution in [2.45, 2.75) is 58.5 Å². The minimum absolute atomic E-state index is 0.107. The Kier molecular flexibility index (Phi) is 6.81. The number of anilines is 1. The van der Waals surface area contributed by atoms with Crippen molar-refractivity contribution < 1.29 is 22.7 Å². The summed E-state index contributed by atoms with van der Waals surface area (Å²) < 4.78 is 46.0. The Morgan fingerprint density at radius 2 is 1.78 bits per heavy atom. The molecule has 2 atom stereocenters. The van der Waals surface area contributed by atoms with Crippen molar-refractivity contribution in [3.05, 3.63) is 26.4 Å². The van der Waals surface area contributed by atoms with Crippen LogP contribution >= 0.6 is 39.1 Å². The predicted octanol–water partition coefficient (Wildman–Crippen LogP) is 6.55. The number of amides is 1. The number of fused-ring (bicyclic) bond motifs is 1. The number of halogens is 6. The topological polar surface area (TPSA) is 58.6 Å². The molecule has 1 aromatic heterocycles. The summed E-state index contributed by atoms with van der Waals surface area (Å²) >= 11 is 15.3. The van der Waals surface area contributed by atoms with Gasteiger partial charge in [-0.15, -0.1) is 0 Å². The summed E-state index contributed by atoms with van der Waals surface area (Å²) in [6.45, 7) is 9.61. The zero-order valence-corrected chi connectivity index (χ0v) is 21.1. The lowest BCUT2D eigenvalue weighted by Gasteiger charge is -2.45. The highest BCUT2D eigenvalue weighted by Gasteiger charge is 2.38. The van der Waals surface area contributed by atoms with Crippen LogP contribution in [0.25, 0.3) is 10.9 Å². The fourth-order valence-electron chi connectivity index (χ4n) is 3.58. The van der Waals surface area contributed by atoms with Gasteiger partial charge in [-0.3, -0.25) is 0 Å². The van der Waals surface area contributed by atoms with Gasteiger partial charge in [0.25, 0.3) is 0 Å². The Morgan fingerprint density at radius 1 is 1.16 bits per heavy atom. The first-order chi connectivity index (χ1) is 14.6. The number of hydrogen-bond donors (Lipinski definition) is 0. The average molecular weight is 558 g/mol. The maximum atomic E-state index is 13.6. The van der Waals surface area contributed by atoms with Gasteiger partial charge in [0.1, 0.15) is 11.4 Å². The molecule has 1 aliphatic rings. The van der Waals surface area contributed by atoms with Crippen LogP contribution in [-0.4, -0.2) is 51.7 Å². The summed E-state index contributed by atoms with van der Waals surface area (Å²) in [6, 6.07) is 0.386. The Balaban J connectivity index is 2.06. The second-order valence-electron chi connectivity index (χ2n) is 8.75. The summed E-state index contributed by atoms with van der Waals surface area (Å²) in [7, 11) is 0. The minimum Gasteiger partial charge on any atom is -0.444 e. The third-order valence-electron chi connectivity index (χ3n) is 5.02. The van der Waals surface area contributed by atoms with Crippen LogP contribution in [0.4, 0.5) is 23.8 Å². The number of carbonyl (C=O) groups is 1. The first-order valence-corrected chi connectivity index (χ1v) is 11.3. The van der Waals surface area contributed by atoms with Gasteiger partial charge in [0.15, 0.2) is 0 Å².